The van der Waals surface area contributed by atoms with Gasteiger partial charge < -0.3 is 10.4 Å². The highest BCUT2D eigenvalue weighted by molar-refractivity contribution is 5.47. The number of benzene rings is 3. The molecular weight excluding hydrogens is 470 g/mol. The third kappa shape index (κ3) is 7.06. The summed E-state index contributed by atoms with van der Waals surface area (Å²) in [6.45, 7) is 4.96. The minimum absolute atomic E-state index is 0.00220. The van der Waals surface area contributed by atoms with Gasteiger partial charge >= 0.3 is 6.18 Å². The van der Waals surface area contributed by atoms with Crippen molar-refractivity contribution in [3.05, 3.63) is 101 Å². The third-order valence-electron chi connectivity index (χ3n) is 6.60. The Morgan fingerprint density at radius 3 is 2.28 bits per heavy atom. The van der Waals surface area contributed by atoms with Crippen LogP contribution < -0.4 is 5.32 Å². The smallest absolute Gasteiger partial charge is 0.361 e. The third-order valence-corrected chi connectivity index (χ3v) is 6.60. The van der Waals surface area contributed by atoms with E-state index in [9.17, 15) is 22.7 Å². The molecule has 1 atom stereocenters. The SMILES string of the molecule is Cc1ccc(CN2CCC(N(Cc3ccccc3)C(O)Nc3cc(F)cc(C(F)(F)F)c3)CC2)cc1. The number of likely N-dealkylation sites (tertiary alicyclic amines) is 1. The number of alkyl halides is 3. The zero-order valence-electron chi connectivity index (χ0n) is 20.2. The zero-order chi connectivity index (χ0) is 25.7. The van der Waals surface area contributed by atoms with Crippen molar-refractivity contribution in [1.29, 1.82) is 0 Å². The van der Waals surface area contributed by atoms with Crippen molar-refractivity contribution in [1.82, 2.24) is 9.80 Å². The van der Waals surface area contributed by atoms with Gasteiger partial charge in [0.2, 0.25) is 0 Å². The van der Waals surface area contributed by atoms with E-state index >= 15 is 0 Å². The first-order chi connectivity index (χ1) is 17.2. The van der Waals surface area contributed by atoms with Gasteiger partial charge in [0.1, 0.15) is 5.82 Å². The molecule has 0 radical (unpaired) electrons. The minimum atomic E-state index is -4.68. The molecule has 0 aromatic heterocycles. The summed E-state index contributed by atoms with van der Waals surface area (Å²) in [7, 11) is 0. The van der Waals surface area contributed by atoms with Crippen molar-refractivity contribution >= 4 is 5.69 Å². The van der Waals surface area contributed by atoms with Gasteiger partial charge in [0.05, 0.1) is 5.56 Å². The van der Waals surface area contributed by atoms with E-state index in [2.05, 4.69) is 41.4 Å². The highest BCUT2D eigenvalue weighted by atomic mass is 19.4. The number of aliphatic hydroxyl groups excluding tert-OH is 1. The summed E-state index contributed by atoms with van der Waals surface area (Å²) in [5.74, 6) is -1.02. The number of nitrogens with one attached hydrogen (secondary N) is 1. The van der Waals surface area contributed by atoms with Gasteiger partial charge in [-0.1, -0.05) is 60.2 Å². The van der Waals surface area contributed by atoms with Crippen LogP contribution in [0.15, 0.2) is 72.8 Å². The molecule has 8 heteroatoms. The van der Waals surface area contributed by atoms with Crippen molar-refractivity contribution < 1.29 is 22.7 Å². The molecule has 1 fully saturated rings. The van der Waals surface area contributed by atoms with Crippen LogP contribution in [0.3, 0.4) is 0 Å². The molecule has 0 saturated carbocycles. The van der Waals surface area contributed by atoms with Crippen LogP contribution in [0.2, 0.25) is 0 Å². The predicted molar refractivity (Wildman–Crippen MR) is 132 cm³/mol. The average molecular weight is 502 g/mol. The van der Waals surface area contributed by atoms with E-state index in [4.69, 9.17) is 0 Å². The normalized spacial score (nSPS) is 16.3. The molecular formula is C28H31F4N3O. The Morgan fingerprint density at radius 1 is 0.972 bits per heavy atom. The number of rotatable bonds is 8. The summed E-state index contributed by atoms with van der Waals surface area (Å²) < 4.78 is 53.4. The van der Waals surface area contributed by atoms with Gasteiger partial charge in [-0.25, -0.2) is 4.39 Å². The molecule has 0 spiro atoms. The lowest BCUT2D eigenvalue weighted by atomic mass is 10.0. The van der Waals surface area contributed by atoms with Crippen LogP contribution in [-0.2, 0) is 19.3 Å². The van der Waals surface area contributed by atoms with Gasteiger partial charge in [0, 0.05) is 24.8 Å². The van der Waals surface area contributed by atoms with Crippen LogP contribution in [0.1, 0.15) is 35.1 Å². The Bertz CT molecular complexity index is 1110. The zero-order valence-corrected chi connectivity index (χ0v) is 20.2. The largest absolute Gasteiger partial charge is 0.416 e. The van der Waals surface area contributed by atoms with Crippen molar-refractivity contribution in [3.63, 3.8) is 0 Å². The molecule has 4 rings (SSSR count). The van der Waals surface area contributed by atoms with E-state index in [1.165, 1.54) is 11.1 Å². The Hall–Kier alpha value is -2.94. The second kappa shape index (κ2) is 11.4. The molecule has 0 bridgehead atoms. The van der Waals surface area contributed by atoms with E-state index in [-0.39, 0.29) is 11.7 Å². The number of aliphatic hydroxyl groups is 1. The first-order valence-corrected chi connectivity index (χ1v) is 12.1. The molecule has 1 unspecified atom stereocenters. The predicted octanol–water partition coefficient (Wildman–Crippen LogP) is 6.01. The summed E-state index contributed by atoms with van der Waals surface area (Å²) in [6.07, 6.45) is -4.40. The van der Waals surface area contributed by atoms with Crippen LogP contribution in [0.5, 0.6) is 0 Å². The van der Waals surface area contributed by atoms with Crippen LogP contribution >= 0.6 is 0 Å². The van der Waals surface area contributed by atoms with Crippen LogP contribution in [-0.4, -0.2) is 40.4 Å². The van der Waals surface area contributed by atoms with Gasteiger partial charge in [-0.2, -0.15) is 13.2 Å². The van der Waals surface area contributed by atoms with Gasteiger partial charge in [0.15, 0.2) is 6.35 Å². The molecule has 192 valence electrons. The van der Waals surface area contributed by atoms with Crippen molar-refractivity contribution in [2.45, 2.75) is 51.4 Å². The molecule has 0 amide bonds. The van der Waals surface area contributed by atoms with Gasteiger partial charge in [-0.15, -0.1) is 0 Å². The number of anilines is 1. The van der Waals surface area contributed by atoms with E-state index in [0.717, 1.165) is 50.2 Å². The van der Waals surface area contributed by atoms with Crippen LogP contribution in [0.4, 0.5) is 23.2 Å². The number of halogens is 4. The number of piperidine rings is 1. The fourth-order valence-electron chi connectivity index (χ4n) is 4.64. The Morgan fingerprint density at radius 2 is 1.64 bits per heavy atom. The maximum Gasteiger partial charge on any atom is 0.416 e. The Labute approximate surface area is 209 Å². The molecule has 3 aromatic rings. The fourth-order valence-corrected chi connectivity index (χ4v) is 4.64. The Kier molecular flexibility index (Phi) is 8.28. The maximum atomic E-state index is 13.9. The monoisotopic (exact) mass is 501 g/mol. The van der Waals surface area contributed by atoms with Crippen LogP contribution in [0, 0.1) is 12.7 Å². The van der Waals surface area contributed by atoms with Crippen molar-refractivity contribution in [2.75, 3.05) is 18.4 Å². The second-order valence-electron chi connectivity index (χ2n) is 9.40. The summed E-state index contributed by atoms with van der Waals surface area (Å²) in [5.41, 5.74) is 2.21. The van der Waals surface area contributed by atoms with Gasteiger partial charge in [0.25, 0.3) is 0 Å². The fraction of sp³-hybridized carbons (Fsp3) is 0.357. The standard InChI is InChI=1S/C28H31F4N3O/c1-20-7-9-22(10-8-20)18-34-13-11-26(12-14-34)35(19-21-5-3-2-4-6-21)27(36)33-25-16-23(28(30,31)32)15-24(29)17-25/h2-10,15-17,26-27,33,36H,11-14,18-19H2,1H3. The second-order valence-corrected chi connectivity index (χ2v) is 9.40. The number of hydrogen-bond acceptors (Lipinski definition) is 4. The lowest BCUT2D eigenvalue weighted by Gasteiger charge is -2.41. The van der Waals surface area contributed by atoms with Gasteiger partial charge in [-0.3, -0.25) is 9.80 Å². The highest BCUT2D eigenvalue weighted by Gasteiger charge is 2.33. The average Bonchev–Trinajstić information content (AvgIpc) is 2.84. The molecule has 0 aliphatic carbocycles. The summed E-state index contributed by atoms with van der Waals surface area (Å²) in [5, 5.41) is 13.8. The summed E-state index contributed by atoms with van der Waals surface area (Å²) in [6, 6.07) is 20.3. The van der Waals surface area contributed by atoms with E-state index in [1.54, 1.807) is 0 Å². The lowest BCUT2D eigenvalue weighted by molar-refractivity contribution is -0.137. The number of aryl methyl sites for hydroxylation is 1. The topological polar surface area (TPSA) is 38.7 Å². The van der Waals surface area contributed by atoms with Gasteiger partial charge in [-0.05, 0) is 62.2 Å². The molecule has 4 nitrogen and oxygen atoms in total. The number of hydrogen-bond donors (Lipinski definition) is 2. The van der Waals surface area contributed by atoms with E-state index in [0.29, 0.717) is 12.6 Å². The van der Waals surface area contributed by atoms with Crippen molar-refractivity contribution in [2.24, 2.45) is 0 Å². The maximum absolute atomic E-state index is 13.9. The van der Waals surface area contributed by atoms with E-state index in [1.807, 2.05) is 35.2 Å². The highest BCUT2D eigenvalue weighted by Crippen LogP contribution is 2.32. The van der Waals surface area contributed by atoms with Crippen LogP contribution in [0.25, 0.3) is 0 Å². The first-order valence-electron chi connectivity index (χ1n) is 12.1. The molecule has 1 saturated heterocycles. The first kappa shape index (κ1) is 26.1. The summed E-state index contributed by atoms with van der Waals surface area (Å²) in [4.78, 5) is 4.21. The molecule has 1 heterocycles. The number of nitrogens with zero attached hydrogens (tertiary/aromatic N) is 2. The Balaban J connectivity index is 1.47. The minimum Gasteiger partial charge on any atom is -0.361 e. The lowest BCUT2D eigenvalue weighted by Crippen LogP contribution is -2.51. The van der Waals surface area contributed by atoms with E-state index < -0.39 is 23.9 Å². The molecule has 36 heavy (non-hydrogen) atoms. The molecule has 1 aliphatic heterocycles. The quantitative estimate of drug-likeness (QED) is 0.293. The van der Waals surface area contributed by atoms with Crippen molar-refractivity contribution in [3.8, 4) is 0 Å². The molecule has 3 aromatic carbocycles. The summed E-state index contributed by atoms with van der Waals surface area (Å²) >= 11 is 0. The molecule has 1 aliphatic rings. The molecule has 2 N–H and O–H groups in total.